The van der Waals surface area contributed by atoms with E-state index in [1.165, 1.54) is 12.1 Å². The number of carbonyl (C=O) groups is 2. The summed E-state index contributed by atoms with van der Waals surface area (Å²) in [4.78, 5) is 25.6. The van der Waals surface area contributed by atoms with Gasteiger partial charge in [-0.25, -0.2) is 8.42 Å². The van der Waals surface area contributed by atoms with Gasteiger partial charge in [-0.2, -0.15) is 4.72 Å². The van der Waals surface area contributed by atoms with Gasteiger partial charge in [-0.05, 0) is 31.5 Å². The van der Waals surface area contributed by atoms with Crippen molar-refractivity contribution < 1.29 is 23.1 Å². The molecular formula is C18H28N4O5S. The minimum Gasteiger partial charge on any atom is -0.480 e. The van der Waals surface area contributed by atoms with Gasteiger partial charge in [0, 0.05) is 39.1 Å². The van der Waals surface area contributed by atoms with E-state index in [2.05, 4.69) is 20.3 Å². The number of carbonyl (C=O) groups excluding carboxylic acids is 1. The Morgan fingerprint density at radius 1 is 1.14 bits per heavy atom. The highest BCUT2D eigenvalue weighted by Gasteiger charge is 2.25. The van der Waals surface area contributed by atoms with Crippen LogP contribution in [0.1, 0.15) is 19.3 Å². The summed E-state index contributed by atoms with van der Waals surface area (Å²) in [5.74, 6) is -1.64. The number of carboxylic acid groups (broad SMARTS) is 1. The van der Waals surface area contributed by atoms with E-state index in [4.69, 9.17) is 0 Å². The van der Waals surface area contributed by atoms with Crippen molar-refractivity contribution >= 4 is 21.9 Å². The molecule has 0 spiro atoms. The Labute approximate surface area is 165 Å². The second-order valence-electron chi connectivity index (χ2n) is 6.68. The summed E-state index contributed by atoms with van der Waals surface area (Å²) in [5, 5.41) is 15.1. The molecular weight excluding hydrogens is 384 g/mol. The maximum Gasteiger partial charge on any atom is 0.323 e. The molecule has 1 aromatic carbocycles. The molecule has 1 atom stereocenters. The molecule has 1 heterocycles. The molecule has 0 aromatic heterocycles. The Hall–Kier alpha value is -2.01. The van der Waals surface area contributed by atoms with Crippen molar-refractivity contribution in [2.75, 3.05) is 39.3 Å². The standard InChI is InChI=1S/C18H28N4O5S/c23-17(8-4-5-11-22-12-9-19-10-13-22)20-14-16(18(24)25)21-28(26,27)15-6-2-1-3-7-15/h1-3,6-7,16,19,21H,4-5,8-14H2,(H,20,23)(H,24,25)/t16-/m0/s1. The van der Waals surface area contributed by atoms with Crippen molar-refractivity contribution in [3.8, 4) is 0 Å². The second-order valence-corrected chi connectivity index (χ2v) is 8.39. The van der Waals surface area contributed by atoms with E-state index in [0.29, 0.717) is 6.42 Å². The fourth-order valence-electron chi connectivity index (χ4n) is 2.89. The third-order valence-electron chi connectivity index (χ3n) is 4.49. The molecule has 1 aliphatic rings. The van der Waals surface area contributed by atoms with E-state index in [1.54, 1.807) is 18.2 Å². The molecule has 9 nitrogen and oxygen atoms in total. The highest BCUT2D eigenvalue weighted by atomic mass is 32.2. The maximum absolute atomic E-state index is 12.3. The number of piperazine rings is 1. The van der Waals surface area contributed by atoms with Crippen LogP contribution < -0.4 is 15.4 Å². The maximum atomic E-state index is 12.3. The van der Waals surface area contributed by atoms with E-state index >= 15 is 0 Å². The van der Waals surface area contributed by atoms with Gasteiger partial charge in [-0.15, -0.1) is 0 Å². The molecule has 0 bridgehead atoms. The van der Waals surface area contributed by atoms with Gasteiger partial charge in [0.2, 0.25) is 15.9 Å². The highest BCUT2D eigenvalue weighted by molar-refractivity contribution is 7.89. The number of hydrogen-bond donors (Lipinski definition) is 4. The number of nitrogens with zero attached hydrogens (tertiary/aromatic N) is 1. The van der Waals surface area contributed by atoms with Crippen LogP contribution in [-0.4, -0.2) is 75.6 Å². The first-order valence-corrected chi connectivity index (χ1v) is 10.9. The van der Waals surface area contributed by atoms with Crippen molar-refractivity contribution in [2.24, 2.45) is 0 Å². The summed E-state index contributed by atoms with van der Waals surface area (Å²) >= 11 is 0. The molecule has 28 heavy (non-hydrogen) atoms. The van der Waals surface area contributed by atoms with Crippen LogP contribution in [0, 0.1) is 0 Å². The van der Waals surface area contributed by atoms with Crippen LogP contribution >= 0.6 is 0 Å². The Morgan fingerprint density at radius 3 is 2.46 bits per heavy atom. The predicted octanol–water partition coefficient (Wildman–Crippen LogP) is -0.390. The van der Waals surface area contributed by atoms with Gasteiger partial charge < -0.3 is 20.6 Å². The minimum absolute atomic E-state index is 0.0273. The summed E-state index contributed by atoms with van der Waals surface area (Å²) in [6.07, 6.45) is 1.86. The van der Waals surface area contributed by atoms with Crippen LogP contribution in [0.25, 0.3) is 0 Å². The van der Waals surface area contributed by atoms with E-state index < -0.39 is 22.0 Å². The summed E-state index contributed by atoms with van der Waals surface area (Å²) in [5.41, 5.74) is 0. The lowest BCUT2D eigenvalue weighted by Gasteiger charge is -2.26. The van der Waals surface area contributed by atoms with Gasteiger partial charge in [0.15, 0.2) is 0 Å². The molecule has 0 unspecified atom stereocenters. The van der Waals surface area contributed by atoms with Gasteiger partial charge >= 0.3 is 5.97 Å². The fourth-order valence-corrected chi connectivity index (χ4v) is 4.10. The van der Waals surface area contributed by atoms with Crippen molar-refractivity contribution in [1.29, 1.82) is 0 Å². The fraction of sp³-hybridized carbons (Fsp3) is 0.556. The molecule has 1 aromatic rings. The molecule has 4 N–H and O–H groups in total. The third kappa shape index (κ3) is 7.55. The van der Waals surface area contributed by atoms with Gasteiger partial charge in [0.25, 0.3) is 0 Å². The zero-order chi connectivity index (χ0) is 20.4. The van der Waals surface area contributed by atoms with Crippen molar-refractivity contribution in [3.05, 3.63) is 30.3 Å². The smallest absolute Gasteiger partial charge is 0.323 e. The van der Waals surface area contributed by atoms with Crippen LogP contribution in [-0.2, 0) is 19.6 Å². The predicted molar refractivity (Wildman–Crippen MR) is 104 cm³/mol. The topological polar surface area (TPSA) is 128 Å². The lowest BCUT2D eigenvalue weighted by Crippen LogP contribution is -2.48. The molecule has 0 saturated carbocycles. The number of amides is 1. The molecule has 156 valence electrons. The van der Waals surface area contributed by atoms with E-state index in [9.17, 15) is 23.1 Å². The first-order valence-electron chi connectivity index (χ1n) is 9.38. The first kappa shape index (κ1) is 22.3. The van der Waals surface area contributed by atoms with Crippen molar-refractivity contribution in [1.82, 2.24) is 20.3 Å². The van der Waals surface area contributed by atoms with E-state index in [0.717, 1.165) is 39.1 Å². The lowest BCUT2D eigenvalue weighted by atomic mass is 10.2. The summed E-state index contributed by atoms with van der Waals surface area (Å²) in [6.45, 7) is 4.61. The lowest BCUT2D eigenvalue weighted by molar-refractivity contribution is -0.138. The average Bonchev–Trinajstić information content (AvgIpc) is 2.69. The zero-order valence-electron chi connectivity index (χ0n) is 15.8. The van der Waals surface area contributed by atoms with Crippen LogP contribution in [0.4, 0.5) is 0 Å². The van der Waals surface area contributed by atoms with Crippen LogP contribution in [0.2, 0.25) is 0 Å². The van der Waals surface area contributed by atoms with Gasteiger partial charge in [0.05, 0.1) is 4.90 Å². The molecule has 10 heteroatoms. The van der Waals surface area contributed by atoms with Crippen LogP contribution in [0.15, 0.2) is 35.2 Å². The van der Waals surface area contributed by atoms with E-state index in [1.807, 2.05) is 0 Å². The van der Waals surface area contributed by atoms with Crippen molar-refractivity contribution in [3.63, 3.8) is 0 Å². The third-order valence-corrected chi connectivity index (χ3v) is 5.98. The number of carboxylic acids is 1. The van der Waals surface area contributed by atoms with Crippen molar-refractivity contribution in [2.45, 2.75) is 30.2 Å². The minimum atomic E-state index is -3.98. The van der Waals surface area contributed by atoms with Crippen LogP contribution in [0.5, 0.6) is 0 Å². The molecule has 1 amide bonds. The number of aliphatic carboxylic acids is 1. The van der Waals surface area contributed by atoms with E-state index in [-0.39, 0.29) is 23.8 Å². The Bertz CT molecular complexity index is 736. The number of rotatable bonds is 11. The monoisotopic (exact) mass is 412 g/mol. The zero-order valence-corrected chi connectivity index (χ0v) is 16.6. The quantitative estimate of drug-likeness (QED) is 0.365. The van der Waals surface area contributed by atoms with Gasteiger partial charge in [0.1, 0.15) is 6.04 Å². The SMILES string of the molecule is O=C(CCCCN1CCNCC1)NC[C@H](NS(=O)(=O)c1ccccc1)C(=O)O. The van der Waals surface area contributed by atoms with Crippen LogP contribution in [0.3, 0.4) is 0 Å². The molecule has 1 aliphatic heterocycles. The molecule has 0 aliphatic carbocycles. The molecule has 2 rings (SSSR count). The normalized spacial score (nSPS) is 16.4. The Morgan fingerprint density at radius 2 is 1.82 bits per heavy atom. The Kier molecular flexibility index (Phi) is 8.84. The molecule has 1 saturated heterocycles. The number of nitrogens with one attached hydrogen (secondary N) is 3. The largest absolute Gasteiger partial charge is 0.480 e. The Balaban J connectivity index is 1.73. The van der Waals surface area contributed by atoms with Gasteiger partial charge in [-0.3, -0.25) is 9.59 Å². The highest BCUT2D eigenvalue weighted by Crippen LogP contribution is 2.08. The number of benzene rings is 1. The summed E-state index contributed by atoms with van der Waals surface area (Å²) in [6, 6.07) is 6.07. The summed E-state index contributed by atoms with van der Waals surface area (Å²) < 4.78 is 26.6. The molecule has 0 radical (unpaired) electrons. The number of unbranched alkanes of at least 4 members (excludes halogenated alkanes) is 1. The average molecular weight is 413 g/mol. The number of sulfonamides is 1. The first-order chi connectivity index (χ1) is 13.4. The molecule has 1 fully saturated rings. The van der Waals surface area contributed by atoms with Gasteiger partial charge in [-0.1, -0.05) is 18.2 Å². The summed E-state index contributed by atoms with van der Waals surface area (Å²) in [7, 11) is -3.98. The second kappa shape index (κ2) is 11.1. The number of hydrogen-bond acceptors (Lipinski definition) is 6.